The summed E-state index contributed by atoms with van der Waals surface area (Å²) in [6.07, 6.45) is -0.175. The number of piperidine rings is 1. The lowest BCUT2D eigenvalue weighted by Gasteiger charge is -2.36. The Kier molecular flexibility index (Phi) is 6.22. The zero-order chi connectivity index (χ0) is 17.7. The standard InChI is InChI=1S/C16H25N3O5/c1-4-23-15-6-5-13(24-15)16(22)17-11-7-8-19(9-12(11)20)10-14(21)18(2)3/h5-6,11-12,20H,4,7-10H2,1-3H3,(H,17,22)/t11-,12-/m1/s1. The van der Waals surface area contributed by atoms with E-state index in [1.54, 1.807) is 20.2 Å². The molecular formula is C16H25N3O5. The third-order valence-electron chi connectivity index (χ3n) is 3.93. The molecule has 2 atom stereocenters. The molecule has 0 bridgehead atoms. The Morgan fingerprint density at radius 2 is 2.21 bits per heavy atom. The Morgan fingerprint density at radius 3 is 2.83 bits per heavy atom. The Bertz CT molecular complexity index is 572. The molecule has 24 heavy (non-hydrogen) atoms. The number of hydrogen-bond donors (Lipinski definition) is 2. The molecule has 1 saturated heterocycles. The van der Waals surface area contributed by atoms with Crippen molar-refractivity contribution < 1.29 is 23.8 Å². The fourth-order valence-electron chi connectivity index (χ4n) is 2.54. The highest BCUT2D eigenvalue weighted by molar-refractivity contribution is 5.91. The van der Waals surface area contributed by atoms with Crippen LogP contribution in [0.4, 0.5) is 0 Å². The van der Waals surface area contributed by atoms with Crippen LogP contribution in [0.25, 0.3) is 0 Å². The summed E-state index contributed by atoms with van der Waals surface area (Å²) in [4.78, 5) is 27.3. The van der Waals surface area contributed by atoms with Crippen LogP contribution in [0.1, 0.15) is 23.9 Å². The minimum Gasteiger partial charge on any atom is -0.465 e. The van der Waals surface area contributed by atoms with Crippen LogP contribution < -0.4 is 10.1 Å². The number of likely N-dealkylation sites (N-methyl/N-ethyl adjacent to an activating group) is 1. The third-order valence-corrected chi connectivity index (χ3v) is 3.93. The van der Waals surface area contributed by atoms with Crippen LogP contribution in [0, 0.1) is 0 Å². The number of nitrogens with one attached hydrogen (secondary N) is 1. The van der Waals surface area contributed by atoms with Gasteiger partial charge in [0.2, 0.25) is 5.91 Å². The first-order chi connectivity index (χ1) is 11.4. The van der Waals surface area contributed by atoms with Gasteiger partial charge in [0.05, 0.1) is 25.3 Å². The molecule has 1 fully saturated rings. The molecule has 1 aromatic heterocycles. The van der Waals surface area contributed by atoms with E-state index in [4.69, 9.17) is 9.15 Å². The van der Waals surface area contributed by atoms with Crippen molar-refractivity contribution in [3.8, 4) is 5.95 Å². The predicted molar refractivity (Wildman–Crippen MR) is 86.9 cm³/mol. The van der Waals surface area contributed by atoms with Crippen LogP contribution in [-0.4, -0.2) is 79.2 Å². The van der Waals surface area contributed by atoms with E-state index in [9.17, 15) is 14.7 Å². The summed E-state index contributed by atoms with van der Waals surface area (Å²) in [6.45, 7) is 3.52. The molecule has 2 N–H and O–H groups in total. The SMILES string of the molecule is CCOc1ccc(C(=O)N[C@@H]2CCN(CC(=O)N(C)C)C[C@H]2O)o1. The first kappa shape index (κ1) is 18.3. The number of carbonyl (C=O) groups excluding carboxylic acids is 2. The molecule has 0 spiro atoms. The molecule has 0 saturated carbocycles. The van der Waals surface area contributed by atoms with E-state index in [0.29, 0.717) is 32.1 Å². The van der Waals surface area contributed by atoms with Crippen molar-refractivity contribution in [1.29, 1.82) is 0 Å². The van der Waals surface area contributed by atoms with Gasteiger partial charge >= 0.3 is 0 Å². The van der Waals surface area contributed by atoms with Gasteiger partial charge in [-0.05, 0) is 19.4 Å². The van der Waals surface area contributed by atoms with Crippen LogP contribution in [-0.2, 0) is 4.79 Å². The zero-order valence-corrected chi connectivity index (χ0v) is 14.3. The second-order valence-corrected chi connectivity index (χ2v) is 6.01. The van der Waals surface area contributed by atoms with Gasteiger partial charge in [0.1, 0.15) is 0 Å². The number of rotatable bonds is 6. The van der Waals surface area contributed by atoms with Gasteiger partial charge in [-0.25, -0.2) is 0 Å². The maximum atomic E-state index is 12.2. The topological polar surface area (TPSA) is 95.2 Å². The number of β-amino-alcohol motifs (C(OH)–C–C–N with tert-alkyl or cyclic N) is 1. The van der Waals surface area contributed by atoms with Crippen molar-refractivity contribution in [3.63, 3.8) is 0 Å². The number of carbonyl (C=O) groups is 2. The smallest absolute Gasteiger partial charge is 0.287 e. The average molecular weight is 339 g/mol. The molecule has 1 aromatic rings. The highest BCUT2D eigenvalue weighted by Gasteiger charge is 2.30. The number of amides is 2. The summed E-state index contributed by atoms with van der Waals surface area (Å²) in [5.74, 6) is 0.0441. The van der Waals surface area contributed by atoms with Crippen LogP contribution in [0.5, 0.6) is 5.95 Å². The molecule has 0 unspecified atom stereocenters. The summed E-state index contributed by atoms with van der Waals surface area (Å²) < 4.78 is 10.5. The van der Waals surface area contributed by atoms with Gasteiger partial charge in [-0.15, -0.1) is 0 Å². The minimum atomic E-state index is -0.737. The summed E-state index contributed by atoms with van der Waals surface area (Å²) in [7, 11) is 3.40. The molecule has 0 aromatic carbocycles. The van der Waals surface area contributed by atoms with Crippen LogP contribution in [0.15, 0.2) is 16.5 Å². The second kappa shape index (κ2) is 8.16. The van der Waals surface area contributed by atoms with Gasteiger partial charge in [0.25, 0.3) is 11.9 Å². The van der Waals surface area contributed by atoms with E-state index >= 15 is 0 Å². The predicted octanol–water partition coefficient (Wildman–Crippen LogP) is -0.0685. The molecule has 2 heterocycles. The monoisotopic (exact) mass is 339 g/mol. The van der Waals surface area contributed by atoms with E-state index in [2.05, 4.69) is 5.32 Å². The first-order valence-electron chi connectivity index (χ1n) is 8.04. The van der Waals surface area contributed by atoms with Crippen LogP contribution in [0.3, 0.4) is 0 Å². The molecular weight excluding hydrogens is 314 g/mol. The van der Waals surface area contributed by atoms with E-state index in [1.165, 1.54) is 11.0 Å². The zero-order valence-electron chi connectivity index (χ0n) is 14.3. The Morgan fingerprint density at radius 1 is 1.46 bits per heavy atom. The molecule has 0 radical (unpaired) electrons. The largest absolute Gasteiger partial charge is 0.465 e. The molecule has 8 nitrogen and oxygen atoms in total. The normalized spacial score (nSPS) is 21.3. The van der Waals surface area contributed by atoms with Crippen molar-refractivity contribution in [2.75, 3.05) is 40.3 Å². The van der Waals surface area contributed by atoms with Crippen molar-refractivity contribution in [2.45, 2.75) is 25.5 Å². The maximum Gasteiger partial charge on any atom is 0.287 e. The molecule has 1 aliphatic rings. The minimum absolute atomic E-state index is 0.0104. The highest BCUT2D eigenvalue weighted by Crippen LogP contribution is 2.17. The Labute approximate surface area is 141 Å². The van der Waals surface area contributed by atoms with Crippen LogP contribution in [0.2, 0.25) is 0 Å². The number of aliphatic hydroxyl groups excluding tert-OH is 1. The van der Waals surface area contributed by atoms with Gasteiger partial charge in [0.15, 0.2) is 5.76 Å². The van der Waals surface area contributed by atoms with Crippen molar-refractivity contribution in [3.05, 3.63) is 17.9 Å². The number of ether oxygens (including phenoxy) is 1. The number of likely N-dealkylation sites (tertiary alicyclic amines) is 1. The van der Waals surface area contributed by atoms with E-state index in [0.717, 1.165) is 0 Å². The van der Waals surface area contributed by atoms with Crippen molar-refractivity contribution in [1.82, 2.24) is 15.1 Å². The number of hydrogen-bond acceptors (Lipinski definition) is 6. The van der Waals surface area contributed by atoms with E-state index in [1.807, 2.05) is 11.8 Å². The number of furan rings is 1. The fraction of sp³-hybridized carbons (Fsp3) is 0.625. The lowest BCUT2D eigenvalue weighted by Crippen LogP contribution is -2.55. The quantitative estimate of drug-likeness (QED) is 0.753. The molecule has 0 aliphatic carbocycles. The number of nitrogens with zero attached hydrogens (tertiary/aromatic N) is 2. The van der Waals surface area contributed by atoms with Gasteiger partial charge in [0, 0.05) is 33.3 Å². The summed E-state index contributed by atoms with van der Waals surface area (Å²) in [5.41, 5.74) is 0. The fourth-order valence-corrected chi connectivity index (χ4v) is 2.54. The molecule has 2 amide bonds. The van der Waals surface area contributed by atoms with Gasteiger partial charge in [-0.1, -0.05) is 0 Å². The third kappa shape index (κ3) is 4.72. The van der Waals surface area contributed by atoms with Gasteiger partial charge in [-0.3, -0.25) is 14.5 Å². The molecule has 1 aliphatic heterocycles. The van der Waals surface area contributed by atoms with Crippen molar-refractivity contribution in [2.24, 2.45) is 0 Å². The lowest BCUT2D eigenvalue weighted by molar-refractivity contribution is -0.130. The lowest BCUT2D eigenvalue weighted by atomic mass is 10.0. The molecule has 134 valence electrons. The Hall–Kier alpha value is -2.06. The molecule has 2 rings (SSSR count). The first-order valence-corrected chi connectivity index (χ1v) is 8.04. The maximum absolute atomic E-state index is 12.2. The van der Waals surface area contributed by atoms with E-state index < -0.39 is 6.10 Å². The Balaban J connectivity index is 1.85. The summed E-state index contributed by atoms with van der Waals surface area (Å²) in [5, 5.41) is 13.0. The van der Waals surface area contributed by atoms with Crippen molar-refractivity contribution >= 4 is 11.8 Å². The number of aliphatic hydroxyl groups is 1. The summed E-state index contributed by atoms with van der Waals surface area (Å²) >= 11 is 0. The second-order valence-electron chi connectivity index (χ2n) is 6.01. The highest BCUT2D eigenvalue weighted by atomic mass is 16.6. The molecule has 8 heteroatoms. The van der Waals surface area contributed by atoms with Gasteiger partial charge < -0.3 is 24.5 Å². The average Bonchev–Trinajstić information content (AvgIpc) is 2.99. The van der Waals surface area contributed by atoms with E-state index in [-0.39, 0.29) is 30.2 Å². The summed E-state index contributed by atoms with van der Waals surface area (Å²) in [6, 6.07) is 2.76. The van der Waals surface area contributed by atoms with Crippen LogP contribution >= 0.6 is 0 Å². The van der Waals surface area contributed by atoms with Gasteiger partial charge in [-0.2, -0.15) is 0 Å².